The van der Waals surface area contributed by atoms with Crippen LogP contribution in [0, 0.1) is 10.8 Å². The number of hydrogen-bond acceptors (Lipinski definition) is 2. The van der Waals surface area contributed by atoms with Gasteiger partial charge in [0.25, 0.3) is 0 Å². The molecular formula is C12H20N2O. The van der Waals surface area contributed by atoms with E-state index in [-0.39, 0.29) is 5.41 Å². The Labute approximate surface area is 91.2 Å². The molecule has 2 aliphatic heterocycles. The average molecular weight is 208 g/mol. The van der Waals surface area contributed by atoms with Crippen LogP contribution in [0.3, 0.4) is 0 Å². The topological polar surface area (TPSA) is 32.3 Å². The molecule has 1 saturated carbocycles. The molecule has 0 atom stereocenters. The molecule has 2 saturated heterocycles. The lowest BCUT2D eigenvalue weighted by atomic mass is 9.73. The molecule has 0 aromatic carbocycles. The van der Waals surface area contributed by atoms with Gasteiger partial charge >= 0.3 is 0 Å². The van der Waals surface area contributed by atoms with E-state index in [9.17, 15) is 4.79 Å². The molecule has 3 fully saturated rings. The van der Waals surface area contributed by atoms with Crippen molar-refractivity contribution in [3.63, 3.8) is 0 Å². The lowest BCUT2D eigenvalue weighted by molar-refractivity contribution is -0.139. The number of amides is 1. The Kier molecular flexibility index (Phi) is 1.91. The van der Waals surface area contributed by atoms with Gasteiger partial charge in [0.1, 0.15) is 0 Å². The van der Waals surface area contributed by atoms with Crippen molar-refractivity contribution in [3.8, 4) is 0 Å². The zero-order chi connectivity index (χ0) is 10.5. The van der Waals surface area contributed by atoms with Gasteiger partial charge < -0.3 is 10.2 Å². The van der Waals surface area contributed by atoms with E-state index in [2.05, 4.69) is 17.1 Å². The predicted molar refractivity (Wildman–Crippen MR) is 58.5 cm³/mol. The van der Waals surface area contributed by atoms with Crippen LogP contribution >= 0.6 is 0 Å². The summed E-state index contributed by atoms with van der Waals surface area (Å²) in [5.74, 6) is 0.421. The van der Waals surface area contributed by atoms with Crippen molar-refractivity contribution in [1.82, 2.24) is 10.2 Å². The molecule has 1 N–H and O–H groups in total. The minimum absolute atomic E-state index is 0.0301. The first-order valence-electron chi connectivity index (χ1n) is 6.14. The standard InChI is InChI=1S/C12H20N2O/c1-11(2-3-11)10(15)14-6-4-12(5-7-14)8-13-9-12/h13H,2-9H2,1H3. The summed E-state index contributed by atoms with van der Waals surface area (Å²) in [6.07, 6.45) is 4.63. The first-order valence-corrected chi connectivity index (χ1v) is 6.14. The van der Waals surface area contributed by atoms with Crippen LogP contribution in [0.5, 0.6) is 0 Å². The summed E-state index contributed by atoms with van der Waals surface area (Å²) in [5.41, 5.74) is 0.587. The summed E-state index contributed by atoms with van der Waals surface area (Å²) < 4.78 is 0. The van der Waals surface area contributed by atoms with Crippen molar-refractivity contribution in [3.05, 3.63) is 0 Å². The second kappa shape index (κ2) is 2.97. The summed E-state index contributed by atoms with van der Waals surface area (Å²) in [4.78, 5) is 14.2. The van der Waals surface area contributed by atoms with Gasteiger partial charge in [0.05, 0.1) is 0 Å². The van der Waals surface area contributed by atoms with Crippen molar-refractivity contribution in [2.24, 2.45) is 10.8 Å². The van der Waals surface area contributed by atoms with Crippen LogP contribution in [-0.2, 0) is 4.79 Å². The zero-order valence-electron chi connectivity index (χ0n) is 9.51. The molecule has 0 aromatic rings. The second-order valence-electron chi connectivity index (χ2n) is 5.96. The molecule has 0 radical (unpaired) electrons. The van der Waals surface area contributed by atoms with Crippen LogP contribution in [0.1, 0.15) is 32.6 Å². The van der Waals surface area contributed by atoms with E-state index in [1.807, 2.05) is 0 Å². The Morgan fingerprint density at radius 1 is 1.13 bits per heavy atom. The summed E-state index contributed by atoms with van der Waals surface area (Å²) in [5, 5.41) is 3.35. The van der Waals surface area contributed by atoms with Gasteiger partial charge in [0, 0.05) is 31.6 Å². The summed E-state index contributed by atoms with van der Waals surface area (Å²) in [6.45, 7) is 6.45. The fraction of sp³-hybridized carbons (Fsp3) is 0.917. The lowest BCUT2D eigenvalue weighted by Crippen LogP contribution is -2.59. The van der Waals surface area contributed by atoms with Crippen molar-refractivity contribution >= 4 is 5.91 Å². The third-order valence-corrected chi connectivity index (χ3v) is 4.63. The van der Waals surface area contributed by atoms with E-state index in [1.165, 1.54) is 25.9 Å². The van der Waals surface area contributed by atoms with Gasteiger partial charge in [0.2, 0.25) is 5.91 Å². The quantitative estimate of drug-likeness (QED) is 0.697. The lowest BCUT2D eigenvalue weighted by Gasteiger charge is -2.48. The molecule has 2 heterocycles. The van der Waals surface area contributed by atoms with E-state index >= 15 is 0 Å². The average Bonchev–Trinajstić information content (AvgIpc) is 2.95. The molecule has 0 unspecified atom stereocenters. The number of likely N-dealkylation sites (tertiary alicyclic amines) is 1. The van der Waals surface area contributed by atoms with E-state index in [0.29, 0.717) is 11.3 Å². The highest BCUT2D eigenvalue weighted by Gasteiger charge is 2.49. The molecule has 3 heteroatoms. The van der Waals surface area contributed by atoms with E-state index in [4.69, 9.17) is 0 Å². The van der Waals surface area contributed by atoms with E-state index in [1.54, 1.807) is 0 Å². The largest absolute Gasteiger partial charge is 0.342 e. The van der Waals surface area contributed by atoms with Crippen LogP contribution < -0.4 is 5.32 Å². The van der Waals surface area contributed by atoms with Crippen molar-refractivity contribution < 1.29 is 4.79 Å². The van der Waals surface area contributed by atoms with Crippen LogP contribution in [0.15, 0.2) is 0 Å². The minimum Gasteiger partial charge on any atom is -0.342 e. The Morgan fingerprint density at radius 2 is 1.73 bits per heavy atom. The Balaban J connectivity index is 1.59. The molecule has 3 aliphatic rings. The fourth-order valence-electron chi connectivity index (χ4n) is 2.80. The number of rotatable bonds is 1. The summed E-state index contributed by atoms with van der Waals surface area (Å²) in [6, 6.07) is 0. The zero-order valence-corrected chi connectivity index (χ0v) is 9.51. The number of carbonyl (C=O) groups is 1. The number of nitrogens with one attached hydrogen (secondary N) is 1. The molecule has 0 aromatic heterocycles. The molecular weight excluding hydrogens is 188 g/mol. The highest BCUT2D eigenvalue weighted by molar-refractivity contribution is 5.85. The smallest absolute Gasteiger partial charge is 0.228 e. The Hall–Kier alpha value is -0.570. The molecule has 1 aliphatic carbocycles. The number of carbonyl (C=O) groups excluding carboxylic acids is 1. The predicted octanol–water partition coefficient (Wildman–Crippen LogP) is 0.998. The normalized spacial score (nSPS) is 31.1. The van der Waals surface area contributed by atoms with Gasteiger partial charge in [0.15, 0.2) is 0 Å². The monoisotopic (exact) mass is 208 g/mol. The fourth-order valence-corrected chi connectivity index (χ4v) is 2.80. The maximum Gasteiger partial charge on any atom is 0.228 e. The molecule has 0 bridgehead atoms. The molecule has 3 nitrogen and oxygen atoms in total. The van der Waals surface area contributed by atoms with E-state index in [0.717, 1.165) is 25.9 Å². The highest BCUT2D eigenvalue weighted by Crippen LogP contribution is 2.47. The number of hydrogen-bond donors (Lipinski definition) is 1. The first kappa shape index (κ1) is 9.64. The summed E-state index contributed by atoms with van der Waals surface area (Å²) >= 11 is 0. The Bertz CT molecular complexity index is 282. The van der Waals surface area contributed by atoms with Gasteiger partial charge in [-0.1, -0.05) is 6.92 Å². The Morgan fingerprint density at radius 3 is 2.13 bits per heavy atom. The van der Waals surface area contributed by atoms with Gasteiger partial charge in [-0.2, -0.15) is 0 Å². The molecule has 15 heavy (non-hydrogen) atoms. The van der Waals surface area contributed by atoms with Gasteiger partial charge in [-0.15, -0.1) is 0 Å². The van der Waals surface area contributed by atoms with Crippen LogP contribution in [0.2, 0.25) is 0 Å². The van der Waals surface area contributed by atoms with Crippen LogP contribution in [-0.4, -0.2) is 37.0 Å². The molecule has 84 valence electrons. The summed E-state index contributed by atoms with van der Waals surface area (Å²) in [7, 11) is 0. The van der Waals surface area contributed by atoms with Gasteiger partial charge in [-0.3, -0.25) is 4.79 Å². The number of nitrogens with zero attached hydrogens (tertiary/aromatic N) is 1. The molecule has 3 rings (SSSR count). The first-order chi connectivity index (χ1) is 7.14. The number of piperidine rings is 1. The third-order valence-electron chi connectivity index (χ3n) is 4.63. The van der Waals surface area contributed by atoms with Crippen molar-refractivity contribution in [2.45, 2.75) is 32.6 Å². The maximum absolute atomic E-state index is 12.1. The van der Waals surface area contributed by atoms with Crippen LogP contribution in [0.4, 0.5) is 0 Å². The van der Waals surface area contributed by atoms with E-state index < -0.39 is 0 Å². The maximum atomic E-state index is 12.1. The SMILES string of the molecule is CC1(C(=O)N2CCC3(CC2)CNC3)CC1. The second-order valence-corrected chi connectivity index (χ2v) is 5.96. The van der Waals surface area contributed by atoms with Crippen LogP contribution in [0.25, 0.3) is 0 Å². The van der Waals surface area contributed by atoms with Gasteiger partial charge in [-0.05, 0) is 31.1 Å². The molecule has 1 spiro atoms. The third kappa shape index (κ3) is 1.48. The minimum atomic E-state index is 0.0301. The van der Waals surface area contributed by atoms with Gasteiger partial charge in [-0.25, -0.2) is 0 Å². The molecule has 1 amide bonds. The van der Waals surface area contributed by atoms with Crippen molar-refractivity contribution in [1.29, 1.82) is 0 Å². The highest BCUT2D eigenvalue weighted by atomic mass is 16.2. The van der Waals surface area contributed by atoms with Crippen molar-refractivity contribution in [2.75, 3.05) is 26.2 Å².